The van der Waals surface area contributed by atoms with E-state index in [4.69, 9.17) is 4.74 Å². The second-order valence-corrected chi connectivity index (χ2v) is 3.43. The van der Waals surface area contributed by atoms with Crippen LogP contribution in [0.3, 0.4) is 0 Å². The number of carbonyl (C=O) groups is 2. The Morgan fingerprint density at radius 3 is 2.56 bits per heavy atom. The van der Waals surface area contributed by atoms with Gasteiger partial charge in [-0.15, -0.1) is 0 Å². The Bertz CT molecular complexity index is 455. The van der Waals surface area contributed by atoms with Crippen molar-refractivity contribution in [2.24, 2.45) is 0 Å². The van der Waals surface area contributed by atoms with E-state index in [-0.39, 0.29) is 11.8 Å². The van der Waals surface area contributed by atoms with E-state index < -0.39 is 0 Å². The van der Waals surface area contributed by atoms with Gasteiger partial charge in [0.15, 0.2) is 0 Å². The number of methoxy groups -OCH3 is 1. The summed E-state index contributed by atoms with van der Waals surface area (Å²) in [6, 6.07) is 6.90. The molecule has 0 aliphatic rings. The molecule has 1 aromatic carbocycles. The van der Waals surface area contributed by atoms with Gasteiger partial charge in [-0.1, -0.05) is 19.1 Å². The first-order chi connectivity index (χ1) is 8.69. The summed E-state index contributed by atoms with van der Waals surface area (Å²) in [5, 5.41) is 5.04. The van der Waals surface area contributed by atoms with Crippen molar-refractivity contribution in [3.05, 3.63) is 42.2 Å². The Balaban J connectivity index is 2.58. The molecule has 0 radical (unpaired) electrons. The maximum atomic E-state index is 11.8. The van der Waals surface area contributed by atoms with E-state index in [0.29, 0.717) is 17.7 Å². The first-order valence-corrected chi connectivity index (χ1v) is 5.57. The highest BCUT2D eigenvalue weighted by Gasteiger charge is 2.09. The van der Waals surface area contributed by atoms with Gasteiger partial charge in [0.2, 0.25) is 5.91 Å². The number of para-hydroxylation sites is 1. The van der Waals surface area contributed by atoms with Gasteiger partial charge < -0.3 is 15.4 Å². The summed E-state index contributed by atoms with van der Waals surface area (Å²) in [7, 11) is 1.50. The van der Waals surface area contributed by atoms with E-state index in [1.807, 2.05) is 0 Å². The number of ether oxygens (including phenoxy) is 1. The Morgan fingerprint density at radius 1 is 1.22 bits per heavy atom. The quantitative estimate of drug-likeness (QED) is 0.828. The van der Waals surface area contributed by atoms with E-state index in [9.17, 15) is 9.59 Å². The summed E-state index contributed by atoms with van der Waals surface area (Å²) in [4.78, 5) is 22.7. The van der Waals surface area contributed by atoms with Gasteiger partial charge in [0.25, 0.3) is 5.91 Å². The van der Waals surface area contributed by atoms with Gasteiger partial charge in [0, 0.05) is 18.8 Å². The van der Waals surface area contributed by atoms with Crippen LogP contribution in [0.25, 0.3) is 0 Å². The highest BCUT2D eigenvalue weighted by molar-refractivity contribution is 5.97. The summed E-state index contributed by atoms with van der Waals surface area (Å²) in [5.74, 6) is 0.0910. The van der Waals surface area contributed by atoms with Gasteiger partial charge >= 0.3 is 0 Å². The molecule has 2 N–H and O–H groups in total. The molecule has 5 heteroatoms. The predicted octanol–water partition coefficient (Wildman–Crippen LogP) is 1.42. The monoisotopic (exact) mass is 248 g/mol. The number of benzene rings is 1. The van der Waals surface area contributed by atoms with Crippen LogP contribution in [0.5, 0.6) is 5.75 Å². The minimum absolute atomic E-state index is 0.113. The van der Waals surface area contributed by atoms with Crippen LogP contribution in [0.15, 0.2) is 36.7 Å². The normalized spacial score (nSPS) is 10.1. The van der Waals surface area contributed by atoms with Crippen LogP contribution >= 0.6 is 0 Å². The molecular formula is C13H16N2O3. The summed E-state index contributed by atoms with van der Waals surface area (Å²) >= 11 is 0. The van der Waals surface area contributed by atoms with Crippen LogP contribution in [0.1, 0.15) is 23.7 Å². The van der Waals surface area contributed by atoms with Crippen molar-refractivity contribution in [1.82, 2.24) is 10.6 Å². The molecule has 0 aliphatic carbocycles. The first kappa shape index (κ1) is 13.8. The lowest BCUT2D eigenvalue weighted by molar-refractivity contribution is -0.119. The Morgan fingerprint density at radius 2 is 1.89 bits per heavy atom. The molecule has 5 nitrogen and oxygen atoms in total. The highest BCUT2D eigenvalue weighted by atomic mass is 16.5. The molecule has 18 heavy (non-hydrogen) atoms. The summed E-state index contributed by atoms with van der Waals surface area (Å²) < 4.78 is 5.07. The van der Waals surface area contributed by atoms with Crippen molar-refractivity contribution in [2.75, 3.05) is 7.11 Å². The van der Waals surface area contributed by atoms with E-state index >= 15 is 0 Å². The molecule has 0 fully saturated rings. The van der Waals surface area contributed by atoms with Crippen molar-refractivity contribution in [2.45, 2.75) is 13.3 Å². The fraction of sp³-hybridized carbons (Fsp3) is 0.231. The topological polar surface area (TPSA) is 67.4 Å². The molecule has 0 spiro atoms. The number of hydrogen-bond acceptors (Lipinski definition) is 3. The lowest BCUT2D eigenvalue weighted by Gasteiger charge is -2.06. The lowest BCUT2D eigenvalue weighted by Crippen LogP contribution is -2.21. The molecule has 1 rings (SSSR count). The van der Waals surface area contributed by atoms with Crippen LogP contribution in [-0.4, -0.2) is 18.9 Å². The van der Waals surface area contributed by atoms with Gasteiger partial charge in [0.05, 0.1) is 12.7 Å². The molecule has 0 heterocycles. The van der Waals surface area contributed by atoms with Crippen LogP contribution < -0.4 is 15.4 Å². The van der Waals surface area contributed by atoms with Crippen molar-refractivity contribution >= 4 is 11.8 Å². The molecular weight excluding hydrogens is 232 g/mol. The first-order valence-electron chi connectivity index (χ1n) is 5.57. The molecule has 1 aromatic rings. The third-order valence-corrected chi connectivity index (χ3v) is 2.21. The SMILES string of the molecule is CCC(=O)N/C=C\NC(=O)c1ccccc1OC. The van der Waals surface area contributed by atoms with Crippen molar-refractivity contribution in [3.63, 3.8) is 0 Å². The van der Waals surface area contributed by atoms with Gasteiger partial charge in [-0.05, 0) is 12.1 Å². The minimum atomic E-state index is -0.297. The van der Waals surface area contributed by atoms with Gasteiger partial charge in [-0.25, -0.2) is 0 Å². The maximum absolute atomic E-state index is 11.8. The third-order valence-electron chi connectivity index (χ3n) is 2.21. The van der Waals surface area contributed by atoms with E-state index in [2.05, 4.69) is 10.6 Å². The number of carbonyl (C=O) groups excluding carboxylic acids is 2. The van der Waals surface area contributed by atoms with Gasteiger partial charge in [-0.2, -0.15) is 0 Å². The second kappa shape index (κ2) is 7.11. The predicted molar refractivity (Wildman–Crippen MR) is 68.0 cm³/mol. The number of rotatable bonds is 5. The standard InChI is InChI=1S/C13H16N2O3/c1-3-12(16)14-8-9-15-13(17)10-6-4-5-7-11(10)18-2/h4-9H,3H2,1-2H3,(H,14,16)(H,15,17)/b9-8-. The minimum Gasteiger partial charge on any atom is -0.496 e. The van der Waals surface area contributed by atoms with Crippen LogP contribution in [-0.2, 0) is 4.79 Å². The summed E-state index contributed by atoms with van der Waals surface area (Å²) in [6.07, 6.45) is 3.16. The fourth-order valence-electron chi connectivity index (χ4n) is 1.26. The van der Waals surface area contributed by atoms with Crippen LogP contribution in [0.4, 0.5) is 0 Å². The lowest BCUT2D eigenvalue weighted by atomic mass is 10.2. The molecule has 96 valence electrons. The molecule has 0 bridgehead atoms. The van der Waals surface area contributed by atoms with Gasteiger partial charge in [0.1, 0.15) is 5.75 Å². The molecule has 0 atom stereocenters. The van der Waals surface area contributed by atoms with E-state index in [1.54, 1.807) is 31.2 Å². The van der Waals surface area contributed by atoms with Crippen molar-refractivity contribution < 1.29 is 14.3 Å². The highest BCUT2D eigenvalue weighted by Crippen LogP contribution is 2.16. The smallest absolute Gasteiger partial charge is 0.259 e. The molecule has 2 amide bonds. The third kappa shape index (κ3) is 3.93. The zero-order chi connectivity index (χ0) is 13.4. The van der Waals surface area contributed by atoms with E-state index in [0.717, 1.165) is 0 Å². The molecule has 0 saturated heterocycles. The zero-order valence-corrected chi connectivity index (χ0v) is 10.4. The van der Waals surface area contributed by atoms with Crippen molar-refractivity contribution in [1.29, 1.82) is 0 Å². The largest absolute Gasteiger partial charge is 0.496 e. The number of nitrogens with one attached hydrogen (secondary N) is 2. The summed E-state index contributed by atoms with van der Waals surface area (Å²) in [6.45, 7) is 1.75. The van der Waals surface area contributed by atoms with Crippen LogP contribution in [0.2, 0.25) is 0 Å². The second-order valence-electron chi connectivity index (χ2n) is 3.43. The maximum Gasteiger partial charge on any atom is 0.259 e. The van der Waals surface area contributed by atoms with Crippen molar-refractivity contribution in [3.8, 4) is 5.75 Å². The van der Waals surface area contributed by atoms with E-state index in [1.165, 1.54) is 19.5 Å². The Labute approximate surface area is 106 Å². The number of hydrogen-bond donors (Lipinski definition) is 2. The molecule has 0 aliphatic heterocycles. The molecule has 0 saturated carbocycles. The molecule has 0 aromatic heterocycles. The van der Waals surface area contributed by atoms with Crippen LogP contribution in [0, 0.1) is 0 Å². The molecule has 0 unspecified atom stereocenters. The summed E-state index contributed by atoms with van der Waals surface area (Å²) in [5.41, 5.74) is 0.437. The average molecular weight is 248 g/mol. The number of amides is 2. The average Bonchev–Trinajstić information content (AvgIpc) is 2.42. The zero-order valence-electron chi connectivity index (χ0n) is 10.4. The Kier molecular flexibility index (Phi) is 5.44. The Hall–Kier alpha value is -2.30. The fourth-order valence-corrected chi connectivity index (χ4v) is 1.26. The van der Waals surface area contributed by atoms with Gasteiger partial charge in [-0.3, -0.25) is 9.59 Å².